The Balaban J connectivity index is 1.26. The lowest BCUT2D eigenvalue weighted by Gasteiger charge is -2.17. The summed E-state index contributed by atoms with van der Waals surface area (Å²) in [4.78, 5) is 13.0. The predicted octanol–water partition coefficient (Wildman–Crippen LogP) is 4.54. The molecule has 1 fully saturated rings. The molecule has 1 aliphatic rings. The van der Waals surface area contributed by atoms with Crippen molar-refractivity contribution in [3.63, 3.8) is 0 Å². The molecule has 0 amide bonds. The number of rotatable bonds is 5. The maximum atomic E-state index is 6.29. The highest BCUT2D eigenvalue weighted by Gasteiger charge is 2.27. The number of pyridine rings is 1. The third kappa shape index (κ3) is 3.54. The van der Waals surface area contributed by atoms with Gasteiger partial charge in [-0.25, -0.2) is 9.97 Å². The van der Waals surface area contributed by atoms with Gasteiger partial charge in [-0.1, -0.05) is 6.07 Å². The summed E-state index contributed by atoms with van der Waals surface area (Å²) in [6, 6.07) is 10.3. The summed E-state index contributed by atoms with van der Waals surface area (Å²) >= 11 is 3.46. The van der Waals surface area contributed by atoms with Crippen LogP contribution in [0.4, 0.5) is 5.69 Å². The third-order valence-corrected chi connectivity index (χ3v) is 5.68. The van der Waals surface area contributed by atoms with E-state index in [1.165, 1.54) is 6.33 Å². The van der Waals surface area contributed by atoms with Crippen LogP contribution in [0.5, 0.6) is 5.88 Å². The van der Waals surface area contributed by atoms with Gasteiger partial charge < -0.3 is 19.4 Å². The minimum Gasteiger partial charge on any atom is -0.480 e. The molecule has 2 atom stereocenters. The number of nitrogens with zero attached hydrogens (tertiary/aromatic N) is 4. The quantitative estimate of drug-likeness (QED) is 0.478. The summed E-state index contributed by atoms with van der Waals surface area (Å²) in [5.74, 6) is 0.585. The summed E-state index contributed by atoms with van der Waals surface area (Å²) in [7, 11) is 1.62. The minimum atomic E-state index is -0.0328. The first-order valence-electron chi connectivity index (χ1n) is 9.51. The van der Waals surface area contributed by atoms with Crippen molar-refractivity contribution in [2.75, 3.05) is 19.0 Å². The summed E-state index contributed by atoms with van der Waals surface area (Å²) in [5, 5.41) is 5.49. The molecule has 4 heterocycles. The lowest BCUT2D eigenvalue weighted by Crippen LogP contribution is -2.20. The number of benzene rings is 1. The Labute approximate surface area is 176 Å². The largest absolute Gasteiger partial charge is 0.480 e. The van der Waals surface area contributed by atoms with Gasteiger partial charge in [-0.2, -0.15) is 0 Å². The van der Waals surface area contributed by atoms with Crippen LogP contribution in [0.25, 0.3) is 21.9 Å². The zero-order valence-electron chi connectivity index (χ0n) is 15.9. The van der Waals surface area contributed by atoms with E-state index in [1.807, 2.05) is 18.5 Å². The highest BCUT2D eigenvalue weighted by atomic mass is 79.9. The Morgan fingerprint density at radius 3 is 3.03 bits per heavy atom. The fourth-order valence-electron chi connectivity index (χ4n) is 3.82. The Bertz CT molecular complexity index is 1180. The van der Waals surface area contributed by atoms with E-state index in [1.54, 1.807) is 7.11 Å². The third-order valence-electron chi connectivity index (χ3n) is 5.25. The van der Waals surface area contributed by atoms with Crippen LogP contribution in [0.1, 0.15) is 19.1 Å². The van der Waals surface area contributed by atoms with Crippen LogP contribution in [0.3, 0.4) is 0 Å². The molecule has 1 aromatic carbocycles. The zero-order valence-corrected chi connectivity index (χ0v) is 17.5. The van der Waals surface area contributed by atoms with Gasteiger partial charge >= 0.3 is 0 Å². The molecule has 1 aliphatic heterocycles. The Hall–Kier alpha value is -2.71. The van der Waals surface area contributed by atoms with Gasteiger partial charge in [0.15, 0.2) is 0 Å². The number of ether oxygens (including phenoxy) is 2. The van der Waals surface area contributed by atoms with Crippen molar-refractivity contribution in [1.82, 2.24) is 19.5 Å². The Kier molecular flexibility index (Phi) is 4.81. The molecule has 148 valence electrons. The van der Waals surface area contributed by atoms with Crippen LogP contribution in [0, 0.1) is 0 Å². The second kappa shape index (κ2) is 7.61. The molecule has 0 radical (unpaired) electrons. The van der Waals surface area contributed by atoms with Crippen molar-refractivity contribution in [1.29, 1.82) is 0 Å². The van der Waals surface area contributed by atoms with Crippen molar-refractivity contribution >= 4 is 43.6 Å². The Morgan fingerprint density at radius 2 is 2.14 bits per heavy atom. The van der Waals surface area contributed by atoms with E-state index in [4.69, 9.17) is 9.47 Å². The highest BCUT2D eigenvalue weighted by Crippen LogP contribution is 2.33. The predicted molar refractivity (Wildman–Crippen MR) is 115 cm³/mol. The molecule has 8 heteroatoms. The average molecular weight is 454 g/mol. The van der Waals surface area contributed by atoms with Crippen molar-refractivity contribution in [2.45, 2.75) is 25.2 Å². The van der Waals surface area contributed by atoms with Gasteiger partial charge in [-0.15, -0.1) is 0 Å². The van der Waals surface area contributed by atoms with E-state index >= 15 is 0 Å². The minimum absolute atomic E-state index is 0.0328. The second-order valence-electron chi connectivity index (χ2n) is 7.08. The molecule has 1 N–H and O–H groups in total. The monoisotopic (exact) mass is 453 g/mol. The maximum Gasteiger partial charge on any atom is 0.225 e. The van der Waals surface area contributed by atoms with Gasteiger partial charge in [-0.3, -0.25) is 4.98 Å². The average Bonchev–Trinajstić information content (AvgIpc) is 3.38. The van der Waals surface area contributed by atoms with E-state index in [0.29, 0.717) is 5.88 Å². The standard InChI is InChI=1S/C21H20BrN5O2/c1-28-21-17-6-7-27(20(17)25-12-26-21)19-5-4-16(29-19)11-23-15-3-2-13-8-14(22)10-24-18(13)9-15/h2-3,6-10,12,16,19,23H,4-5,11H2,1H3. The number of nitrogens with one attached hydrogen (secondary N) is 1. The van der Waals surface area contributed by atoms with Gasteiger partial charge in [0.25, 0.3) is 0 Å². The van der Waals surface area contributed by atoms with Gasteiger partial charge in [0.1, 0.15) is 18.2 Å². The topological polar surface area (TPSA) is 74.1 Å². The number of halogens is 1. The summed E-state index contributed by atoms with van der Waals surface area (Å²) in [6.45, 7) is 0.746. The van der Waals surface area contributed by atoms with E-state index in [9.17, 15) is 0 Å². The van der Waals surface area contributed by atoms with Gasteiger partial charge in [0.05, 0.1) is 24.1 Å². The fourth-order valence-corrected chi connectivity index (χ4v) is 4.17. The molecule has 0 spiro atoms. The molecule has 5 rings (SSSR count). The lowest BCUT2D eigenvalue weighted by atomic mass is 10.2. The summed E-state index contributed by atoms with van der Waals surface area (Å²) in [5.41, 5.74) is 2.85. The molecular weight excluding hydrogens is 434 g/mol. The van der Waals surface area contributed by atoms with Crippen LogP contribution >= 0.6 is 15.9 Å². The van der Waals surface area contributed by atoms with Crippen LogP contribution in [0.2, 0.25) is 0 Å². The van der Waals surface area contributed by atoms with Gasteiger partial charge in [-0.05, 0) is 53.0 Å². The normalized spacial score (nSPS) is 19.1. The van der Waals surface area contributed by atoms with Crippen molar-refractivity contribution in [3.8, 4) is 5.88 Å². The maximum absolute atomic E-state index is 6.29. The first kappa shape index (κ1) is 18.3. The molecule has 29 heavy (non-hydrogen) atoms. The van der Waals surface area contributed by atoms with Crippen LogP contribution in [-0.4, -0.2) is 39.3 Å². The van der Waals surface area contributed by atoms with E-state index in [2.05, 4.69) is 65.0 Å². The van der Waals surface area contributed by atoms with Gasteiger partial charge in [0.2, 0.25) is 5.88 Å². The molecular formula is C21H20BrN5O2. The first-order chi connectivity index (χ1) is 14.2. The van der Waals surface area contributed by atoms with E-state index in [0.717, 1.165) is 51.5 Å². The molecule has 4 aromatic rings. The van der Waals surface area contributed by atoms with E-state index in [-0.39, 0.29) is 12.3 Å². The van der Waals surface area contributed by atoms with Crippen LogP contribution in [-0.2, 0) is 4.74 Å². The number of hydrogen-bond acceptors (Lipinski definition) is 6. The fraction of sp³-hybridized carbons (Fsp3) is 0.286. The van der Waals surface area contributed by atoms with Crippen molar-refractivity contribution in [2.24, 2.45) is 0 Å². The molecule has 0 bridgehead atoms. The number of fused-ring (bicyclic) bond motifs is 2. The SMILES string of the molecule is COc1ncnc2c1ccn2C1CCC(CNc2ccc3cc(Br)cnc3c2)O1. The molecule has 1 saturated heterocycles. The van der Waals surface area contributed by atoms with Crippen molar-refractivity contribution < 1.29 is 9.47 Å². The first-order valence-corrected chi connectivity index (χ1v) is 10.3. The van der Waals surface area contributed by atoms with Gasteiger partial charge in [0, 0.05) is 34.5 Å². The lowest BCUT2D eigenvalue weighted by molar-refractivity contribution is 0.0108. The number of methoxy groups -OCH3 is 1. The van der Waals surface area contributed by atoms with Crippen LogP contribution < -0.4 is 10.1 Å². The second-order valence-corrected chi connectivity index (χ2v) is 7.99. The summed E-state index contributed by atoms with van der Waals surface area (Å²) in [6.07, 6.45) is 7.36. The Morgan fingerprint density at radius 1 is 1.21 bits per heavy atom. The van der Waals surface area contributed by atoms with E-state index < -0.39 is 0 Å². The number of aromatic nitrogens is 4. The molecule has 0 aliphatic carbocycles. The summed E-state index contributed by atoms with van der Waals surface area (Å²) < 4.78 is 14.7. The van der Waals surface area contributed by atoms with Crippen molar-refractivity contribution in [3.05, 3.63) is 53.5 Å². The zero-order chi connectivity index (χ0) is 19.8. The smallest absolute Gasteiger partial charge is 0.225 e. The van der Waals surface area contributed by atoms with Crippen LogP contribution in [0.15, 0.2) is 53.5 Å². The molecule has 0 saturated carbocycles. The molecule has 3 aromatic heterocycles. The molecule has 2 unspecified atom stereocenters. The number of hydrogen-bond donors (Lipinski definition) is 1. The number of anilines is 1. The highest BCUT2D eigenvalue weighted by molar-refractivity contribution is 9.10. The molecule has 7 nitrogen and oxygen atoms in total.